The average molecular weight is 245 g/mol. The topological polar surface area (TPSA) is 37.4 Å². The zero-order valence-electron chi connectivity index (χ0n) is 11.2. The number of benzene rings is 1. The molecular formula is C15H19NO2. The Morgan fingerprint density at radius 2 is 1.78 bits per heavy atom. The van der Waals surface area contributed by atoms with E-state index in [1.807, 2.05) is 24.3 Å². The number of nitrogens with zero attached hydrogens (tertiary/aromatic N) is 1. The Kier molecular flexibility index (Phi) is 3.24. The summed E-state index contributed by atoms with van der Waals surface area (Å²) < 4.78 is 0. The number of rotatable bonds is 1. The summed E-state index contributed by atoms with van der Waals surface area (Å²) in [7, 11) is 0. The van der Waals surface area contributed by atoms with Crippen molar-refractivity contribution in [1.82, 2.24) is 4.90 Å². The molecule has 1 aromatic rings. The first-order valence-electron chi connectivity index (χ1n) is 6.35. The number of carbonyl (C=O) groups is 2. The van der Waals surface area contributed by atoms with Crippen LogP contribution in [0.2, 0.25) is 0 Å². The molecule has 0 aliphatic carbocycles. The Hall–Kier alpha value is -1.64. The Morgan fingerprint density at radius 1 is 1.17 bits per heavy atom. The first-order valence-corrected chi connectivity index (χ1v) is 6.35. The van der Waals surface area contributed by atoms with Crippen molar-refractivity contribution >= 4 is 11.8 Å². The Bertz CT molecular complexity index is 468. The molecule has 1 heterocycles. The molecule has 2 amide bonds. The minimum Gasteiger partial charge on any atom is -0.279 e. The highest BCUT2D eigenvalue weighted by molar-refractivity contribution is 6.05. The summed E-state index contributed by atoms with van der Waals surface area (Å²) in [4.78, 5) is 25.0. The maximum atomic E-state index is 12.1. The molecule has 1 aromatic carbocycles. The largest absolute Gasteiger partial charge is 0.279 e. The minimum atomic E-state index is -0.169. The quantitative estimate of drug-likeness (QED) is 0.713. The molecule has 0 aromatic heterocycles. The molecule has 1 saturated heterocycles. The van der Waals surface area contributed by atoms with Crippen molar-refractivity contribution in [3.63, 3.8) is 0 Å². The predicted octanol–water partition coefficient (Wildman–Crippen LogP) is 2.75. The van der Waals surface area contributed by atoms with Gasteiger partial charge >= 0.3 is 0 Å². The molecule has 96 valence electrons. The second-order valence-electron chi connectivity index (χ2n) is 5.78. The summed E-state index contributed by atoms with van der Waals surface area (Å²) in [5, 5.41) is 0. The molecule has 3 heteroatoms. The minimum absolute atomic E-state index is 0.0557. The van der Waals surface area contributed by atoms with Crippen molar-refractivity contribution in [2.24, 2.45) is 0 Å². The second-order valence-corrected chi connectivity index (χ2v) is 5.78. The molecule has 0 atom stereocenters. The lowest BCUT2D eigenvalue weighted by atomic mass is 9.86. The van der Waals surface area contributed by atoms with E-state index in [0.29, 0.717) is 18.5 Å². The van der Waals surface area contributed by atoms with Gasteiger partial charge in [0.1, 0.15) is 0 Å². The third-order valence-electron chi connectivity index (χ3n) is 3.32. The standard InChI is InChI=1S/C15H19NO2/c1-15(2,3)12-8-6-11(7-9-12)14(18)16-10-4-5-13(16)17/h6-9H,4-5,10H2,1-3H3. The average Bonchev–Trinajstić information content (AvgIpc) is 2.73. The van der Waals surface area contributed by atoms with E-state index in [1.165, 1.54) is 10.5 Å². The van der Waals surface area contributed by atoms with Crippen LogP contribution < -0.4 is 0 Å². The van der Waals surface area contributed by atoms with Gasteiger partial charge < -0.3 is 0 Å². The van der Waals surface area contributed by atoms with Crippen LogP contribution in [0.4, 0.5) is 0 Å². The van der Waals surface area contributed by atoms with Gasteiger partial charge in [0.25, 0.3) is 5.91 Å². The van der Waals surface area contributed by atoms with E-state index in [0.717, 1.165) is 6.42 Å². The Morgan fingerprint density at radius 3 is 2.22 bits per heavy atom. The van der Waals surface area contributed by atoms with E-state index in [1.54, 1.807) is 0 Å². The molecule has 3 nitrogen and oxygen atoms in total. The van der Waals surface area contributed by atoms with Crippen molar-refractivity contribution in [1.29, 1.82) is 0 Å². The molecule has 1 fully saturated rings. The predicted molar refractivity (Wildman–Crippen MR) is 70.4 cm³/mol. The first-order chi connectivity index (χ1) is 8.39. The smallest absolute Gasteiger partial charge is 0.260 e. The zero-order chi connectivity index (χ0) is 13.3. The highest BCUT2D eigenvalue weighted by Crippen LogP contribution is 2.23. The summed E-state index contributed by atoms with van der Waals surface area (Å²) in [6, 6.07) is 7.56. The van der Waals surface area contributed by atoms with Gasteiger partial charge in [-0.25, -0.2) is 0 Å². The highest BCUT2D eigenvalue weighted by Gasteiger charge is 2.27. The molecule has 0 unspecified atom stereocenters. The SMILES string of the molecule is CC(C)(C)c1ccc(C(=O)N2CCCC2=O)cc1. The maximum Gasteiger partial charge on any atom is 0.260 e. The van der Waals surface area contributed by atoms with E-state index in [2.05, 4.69) is 20.8 Å². The van der Waals surface area contributed by atoms with E-state index < -0.39 is 0 Å². The van der Waals surface area contributed by atoms with Crippen LogP contribution in [-0.4, -0.2) is 23.3 Å². The van der Waals surface area contributed by atoms with Crippen molar-refractivity contribution in [3.05, 3.63) is 35.4 Å². The molecule has 1 aliphatic rings. The van der Waals surface area contributed by atoms with Crippen molar-refractivity contribution in [3.8, 4) is 0 Å². The summed E-state index contributed by atoms with van der Waals surface area (Å²) in [5.41, 5.74) is 1.86. The molecule has 1 aliphatic heterocycles. The van der Waals surface area contributed by atoms with Crippen molar-refractivity contribution in [2.45, 2.75) is 39.0 Å². The van der Waals surface area contributed by atoms with Crippen LogP contribution in [0, 0.1) is 0 Å². The van der Waals surface area contributed by atoms with E-state index >= 15 is 0 Å². The van der Waals surface area contributed by atoms with Crippen molar-refractivity contribution < 1.29 is 9.59 Å². The normalized spacial score (nSPS) is 16.2. The van der Waals surface area contributed by atoms with Crippen LogP contribution in [0.25, 0.3) is 0 Å². The number of amides is 2. The van der Waals surface area contributed by atoms with Gasteiger partial charge in [-0.05, 0) is 29.5 Å². The lowest BCUT2D eigenvalue weighted by molar-refractivity contribution is -0.125. The van der Waals surface area contributed by atoms with Crippen molar-refractivity contribution in [2.75, 3.05) is 6.54 Å². The fourth-order valence-corrected chi connectivity index (χ4v) is 2.13. The Balaban J connectivity index is 2.19. The summed E-state index contributed by atoms with van der Waals surface area (Å²) in [6.07, 6.45) is 1.27. The third-order valence-corrected chi connectivity index (χ3v) is 3.32. The molecule has 0 bridgehead atoms. The van der Waals surface area contributed by atoms with E-state index in [-0.39, 0.29) is 17.2 Å². The molecule has 0 spiro atoms. The van der Waals surface area contributed by atoms with Gasteiger partial charge in [0.05, 0.1) is 0 Å². The number of hydrogen-bond donors (Lipinski definition) is 0. The Labute approximate surface area is 108 Å². The molecule has 18 heavy (non-hydrogen) atoms. The molecule has 0 radical (unpaired) electrons. The molecule has 0 saturated carbocycles. The molecular weight excluding hydrogens is 226 g/mol. The number of hydrogen-bond acceptors (Lipinski definition) is 2. The molecule has 2 rings (SSSR count). The van der Waals surface area contributed by atoms with Gasteiger partial charge in [-0.2, -0.15) is 0 Å². The van der Waals surface area contributed by atoms with Crippen LogP contribution in [0.3, 0.4) is 0 Å². The highest BCUT2D eigenvalue weighted by atomic mass is 16.2. The lowest BCUT2D eigenvalue weighted by Gasteiger charge is -2.19. The second kappa shape index (κ2) is 4.56. The van der Waals surface area contributed by atoms with E-state index in [4.69, 9.17) is 0 Å². The number of imide groups is 1. The van der Waals surface area contributed by atoms with Gasteiger partial charge in [0, 0.05) is 18.5 Å². The fourth-order valence-electron chi connectivity index (χ4n) is 2.13. The summed E-state index contributed by atoms with van der Waals surface area (Å²) in [6.45, 7) is 6.95. The maximum absolute atomic E-state index is 12.1. The van der Waals surface area contributed by atoms with E-state index in [9.17, 15) is 9.59 Å². The lowest BCUT2D eigenvalue weighted by Crippen LogP contribution is -2.31. The van der Waals surface area contributed by atoms with Crippen LogP contribution in [0.1, 0.15) is 49.5 Å². The van der Waals surface area contributed by atoms with Gasteiger partial charge in [-0.1, -0.05) is 32.9 Å². The number of carbonyl (C=O) groups excluding carboxylic acids is 2. The van der Waals surface area contributed by atoms with Crippen LogP contribution >= 0.6 is 0 Å². The summed E-state index contributed by atoms with van der Waals surface area (Å²) >= 11 is 0. The fraction of sp³-hybridized carbons (Fsp3) is 0.467. The van der Waals surface area contributed by atoms with Crippen LogP contribution in [0.15, 0.2) is 24.3 Å². The van der Waals surface area contributed by atoms with Gasteiger partial charge in [0.2, 0.25) is 5.91 Å². The summed E-state index contributed by atoms with van der Waals surface area (Å²) in [5.74, 6) is -0.224. The molecule has 0 N–H and O–H groups in total. The van der Waals surface area contributed by atoms with Crippen LogP contribution in [-0.2, 0) is 10.2 Å². The zero-order valence-corrected chi connectivity index (χ0v) is 11.2. The first kappa shape index (κ1) is 12.8. The van der Waals surface area contributed by atoms with Gasteiger partial charge in [-0.3, -0.25) is 14.5 Å². The third kappa shape index (κ3) is 2.45. The van der Waals surface area contributed by atoms with Gasteiger partial charge in [-0.15, -0.1) is 0 Å². The monoisotopic (exact) mass is 245 g/mol. The van der Waals surface area contributed by atoms with Crippen LogP contribution in [0.5, 0.6) is 0 Å². The number of likely N-dealkylation sites (tertiary alicyclic amines) is 1. The van der Waals surface area contributed by atoms with Gasteiger partial charge in [0.15, 0.2) is 0 Å².